The molecule has 1 fully saturated rings. The second-order valence-electron chi connectivity index (χ2n) is 5.28. The number of esters is 1. The molecule has 0 bridgehead atoms. The Bertz CT molecular complexity index is 198. The summed E-state index contributed by atoms with van der Waals surface area (Å²) in [5.41, 5.74) is -0.155. The smallest absolute Gasteiger partial charge is 0.310 e. The van der Waals surface area contributed by atoms with E-state index in [0.717, 1.165) is 6.42 Å². The molecule has 0 saturated heterocycles. The fourth-order valence-corrected chi connectivity index (χ4v) is 1.24. The second kappa shape index (κ2) is 2.48. The third-order valence-electron chi connectivity index (χ3n) is 2.20. The highest BCUT2D eigenvalue weighted by Gasteiger charge is 2.52. The molecule has 1 aliphatic carbocycles. The Labute approximate surface area is 74.3 Å². The van der Waals surface area contributed by atoms with Crippen molar-refractivity contribution in [3.63, 3.8) is 0 Å². The predicted octanol–water partition coefficient (Wildman–Crippen LogP) is 2.37. The Morgan fingerprint density at radius 1 is 1.42 bits per heavy atom. The van der Waals surface area contributed by atoms with E-state index < -0.39 is 0 Å². The molecule has 0 aromatic carbocycles. The van der Waals surface area contributed by atoms with Crippen molar-refractivity contribution >= 4 is 5.97 Å². The highest BCUT2D eigenvalue weighted by molar-refractivity contribution is 5.77. The Morgan fingerprint density at radius 3 is 2.08 bits per heavy atom. The van der Waals surface area contributed by atoms with Gasteiger partial charge in [0.25, 0.3) is 0 Å². The zero-order chi connectivity index (χ0) is 9.57. The Kier molecular flexibility index (Phi) is 1.97. The quantitative estimate of drug-likeness (QED) is 0.565. The molecule has 2 heteroatoms. The van der Waals surface area contributed by atoms with Crippen LogP contribution in [0.5, 0.6) is 0 Å². The van der Waals surface area contributed by atoms with Crippen molar-refractivity contribution in [1.82, 2.24) is 0 Å². The molecule has 12 heavy (non-hydrogen) atoms. The monoisotopic (exact) mass is 170 g/mol. The zero-order valence-corrected chi connectivity index (χ0v) is 8.60. The number of carbonyl (C=O) groups excluding carboxylic acids is 1. The Balaban J connectivity index is 2.42. The van der Waals surface area contributed by atoms with Crippen molar-refractivity contribution in [2.24, 2.45) is 11.3 Å². The molecule has 1 rings (SSSR count). The zero-order valence-electron chi connectivity index (χ0n) is 8.60. The summed E-state index contributed by atoms with van der Waals surface area (Å²) in [6, 6.07) is 0. The molecular formula is C10H18O2. The van der Waals surface area contributed by atoms with Gasteiger partial charge in [-0.2, -0.15) is 0 Å². The lowest BCUT2D eigenvalue weighted by Crippen LogP contribution is -2.25. The molecule has 2 nitrogen and oxygen atoms in total. The van der Waals surface area contributed by atoms with Crippen LogP contribution in [-0.4, -0.2) is 11.6 Å². The van der Waals surface area contributed by atoms with Crippen molar-refractivity contribution < 1.29 is 9.53 Å². The molecule has 1 unspecified atom stereocenters. The molecular weight excluding hydrogens is 152 g/mol. The molecule has 0 radical (unpaired) electrons. The molecule has 0 heterocycles. The van der Waals surface area contributed by atoms with Gasteiger partial charge in [0.2, 0.25) is 0 Å². The van der Waals surface area contributed by atoms with E-state index in [0.29, 0.717) is 0 Å². The molecule has 1 aliphatic rings. The molecule has 0 spiro atoms. The minimum atomic E-state index is -0.338. The van der Waals surface area contributed by atoms with Gasteiger partial charge in [0.05, 0.1) is 5.92 Å². The second-order valence-corrected chi connectivity index (χ2v) is 5.28. The van der Waals surface area contributed by atoms with E-state index in [2.05, 4.69) is 13.8 Å². The number of hydrogen-bond acceptors (Lipinski definition) is 2. The number of ether oxygens (including phenoxy) is 1. The van der Waals surface area contributed by atoms with Crippen LogP contribution in [0.1, 0.15) is 41.0 Å². The van der Waals surface area contributed by atoms with Crippen LogP contribution >= 0.6 is 0 Å². The first kappa shape index (κ1) is 9.56. The third kappa shape index (κ3) is 2.23. The largest absolute Gasteiger partial charge is 0.460 e. The highest BCUT2D eigenvalue weighted by atomic mass is 16.6. The van der Waals surface area contributed by atoms with E-state index in [1.807, 2.05) is 20.8 Å². The van der Waals surface area contributed by atoms with Gasteiger partial charge in [-0.05, 0) is 32.6 Å². The fraction of sp³-hybridized carbons (Fsp3) is 0.900. The van der Waals surface area contributed by atoms with Gasteiger partial charge in [0.1, 0.15) is 5.60 Å². The van der Waals surface area contributed by atoms with Gasteiger partial charge in [-0.1, -0.05) is 13.8 Å². The summed E-state index contributed by atoms with van der Waals surface area (Å²) < 4.78 is 5.26. The van der Waals surface area contributed by atoms with Crippen molar-refractivity contribution in [2.75, 3.05) is 0 Å². The molecule has 0 amide bonds. The first-order valence-corrected chi connectivity index (χ1v) is 4.45. The summed E-state index contributed by atoms with van der Waals surface area (Å²) in [4.78, 5) is 11.4. The molecule has 0 N–H and O–H groups in total. The fourth-order valence-electron chi connectivity index (χ4n) is 1.24. The lowest BCUT2D eigenvalue weighted by Gasteiger charge is -2.19. The van der Waals surface area contributed by atoms with Crippen LogP contribution in [0.3, 0.4) is 0 Å². The van der Waals surface area contributed by atoms with Crippen molar-refractivity contribution in [3.8, 4) is 0 Å². The standard InChI is InChI=1S/C10H18O2/c1-9(2,3)12-8(11)7-6-10(7,4)5/h7H,6H2,1-5H3. The first-order valence-electron chi connectivity index (χ1n) is 4.45. The van der Waals surface area contributed by atoms with E-state index in [4.69, 9.17) is 4.74 Å². The van der Waals surface area contributed by atoms with Crippen LogP contribution in [0.25, 0.3) is 0 Å². The molecule has 1 saturated carbocycles. The number of rotatable bonds is 1. The number of carbonyl (C=O) groups is 1. The lowest BCUT2D eigenvalue weighted by molar-refractivity contribution is -0.157. The Morgan fingerprint density at radius 2 is 1.83 bits per heavy atom. The van der Waals surface area contributed by atoms with Crippen LogP contribution in [0, 0.1) is 11.3 Å². The topological polar surface area (TPSA) is 26.3 Å². The van der Waals surface area contributed by atoms with Crippen LogP contribution in [0.2, 0.25) is 0 Å². The summed E-state index contributed by atoms with van der Waals surface area (Å²) >= 11 is 0. The van der Waals surface area contributed by atoms with Gasteiger partial charge in [-0.15, -0.1) is 0 Å². The van der Waals surface area contributed by atoms with E-state index >= 15 is 0 Å². The van der Waals surface area contributed by atoms with E-state index in [1.165, 1.54) is 0 Å². The maximum atomic E-state index is 11.4. The normalized spacial score (nSPS) is 26.6. The average molecular weight is 170 g/mol. The van der Waals surface area contributed by atoms with Crippen molar-refractivity contribution in [1.29, 1.82) is 0 Å². The average Bonchev–Trinajstić information content (AvgIpc) is 2.35. The van der Waals surface area contributed by atoms with Crippen LogP contribution in [-0.2, 0) is 9.53 Å². The summed E-state index contributed by atoms with van der Waals surface area (Å²) in [7, 11) is 0. The van der Waals surface area contributed by atoms with Gasteiger partial charge >= 0.3 is 5.97 Å². The molecule has 1 atom stereocenters. The van der Waals surface area contributed by atoms with E-state index in [1.54, 1.807) is 0 Å². The van der Waals surface area contributed by atoms with E-state index in [9.17, 15) is 4.79 Å². The Hall–Kier alpha value is -0.530. The molecule has 0 aromatic rings. The molecule has 0 aliphatic heterocycles. The lowest BCUT2D eigenvalue weighted by atomic mass is 10.1. The van der Waals surface area contributed by atoms with Gasteiger partial charge in [-0.25, -0.2) is 0 Å². The van der Waals surface area contributed by atoms with Crippen LogP contribution in [0.15, 0.2) is 0 Å². The summed E-state index contributed by atoms with van der Waals surface area (Å²) in [5.74, 6) is 0.101. The van der Waals surface area contributed by atoms with Gasteiger partial charge in [0.15, 0.2) is 0 Å². The maximum absolute atomic E-state index is 11.4. The van der Waals surface area contributed by atoms with Crippen LogP contribution < -0.4 is 0 Å². The SMILES string of the molecule is CC(C)(C)OC(=O)C1CC1(C)C. The van der Waals surface area contributed by atoms with Gasteiger partial charge in [0, 0.05) is 0 Å². The van der Waals surface area contributed by atoms with Gasteiger partial charge in [-0.3, -0.25) is 4.79 Å². The van der Waals surface area contributed by atoms with Crippen molar-refractivity contribution in [2.45, 2.75) is 46.6 Å². The summed E-state index contributed by atoms with van der Waals surface area (Å²) in [6.45, 7) is 9.91. The van der Waals surface area contributed by atoms with E-state index in [-0.39, 0.29) is 22.9 Å². The third-order valence-corrected chi connectivity index (χ3v) is 2.20. The number of hydrogen-bond donors (Lipinski definition) is 0. The first-order chi connectivity index (χ1) is 5.22. The highest BCUT2D eigenvalue weighted by Crippen LogP contribution is 2.52. The van der Waals surface area contributed by atoms with Crippen molar-refractivity contribution in [3.05, 3.63) is 0 Å². The molecule has 70 valence electrons. The summed E-state index contributed by atoms with van der Waals surface area (Å²) in [5, 5.41) is 0. The van der Waals surface area contributed by atoms with Gasteiger partial charge < -0.3 is 4.74 Å². The minimum Gasteiger partial charge on any atom is -0.460 e. The predicted molar refractivity (Wildman–Crippen MR) is 47.7 cm³/mol. The van der Waals surface area contributed by atoms with Crippen LogP contribution in [0.4, 0.5) is 0 Å². The maximum Gasteiger partial charge on any atom is 0.310 e. The summed E-state index contributed by atoms with van der Waals surface area (Å²) in [6.07, 6.45) is 0.974. The minimum absolute atomic E-state index is 0.0347. The molecule has 0 aromatic heterocycles.